The summed E-state index contributed by atoms with van der Waals surface area (Å²) in [6, 6.07) is 28.5. The van der Waals surface area contributed by atoms with Crippen molar-refractivity contribution >= 4 is 39.9 Å². The van der Waals surface area contributed by atoms with Gasteiger partial charge >= 0.3 is 0 Å². The van der Waals surface area contributed by atoms with Crippen LogP contribution in [0, 0.1) is 0 Å². The van der Waals surface area contributed by atoms with Gasteiger partial charge < -0.3 is 18.9 Å². The molecule has 4 aromatic rings. The van der Waals surface area contributed by atoms with Gasteiger partial charge in [-0.15, -0.1) is 0 Å². The van der Waals surface area contributed by atoms with Gasteiger partial charge in [0.1, 0.15) is 36.2 Å². The quantitative estimate of drug-likeness (QED) is 0.0730. The molecule has 0 amide bonds. The minimum Gasteiger partial charge on any atom is -0.497 e. The molecule has 39 heavy (non-hydrogen) atoms. The molecule has 0 heterocycles. The van der Waals surface area contributed by atoms with Crippen molar-refractivity contribution in [2.75, 3.05) is 27.4 Å². The number of halogens is 1. The van der Waals surface area contributed by atoms with E-state index in [1.807, 2.05) is 84.9 Å². The zero-order valence-electron chi connectivity index (χ0n) is 21.8. The molecule has 0 fully saturated rings. The smallest absolute Gasteiger partial charge is 0.185 e. The molecule has 5 nitrogen and oxygen atoms in total. The molecule has 0 unspecified atom stereocenters. The maximum absolute atomic E-state index is 12.8. The molecule has 0 saturated heterocycles. The first-order chi connectivity index (χ1) is 19.1. The molecule has 0 saturated carbocycles. The highest BCUT2D eigenvalue weighted by molar-refractivity contribution is 9.10. The molecule has 0 aliphatic heterocycles. The van der Waals surface area contributed by atoms with Crippen LogP contribution in [0.5, 0.6) is 23.0 Å². The lowest BCUT2D eigenvalue weighted by Gasteiger charge is -2.12. The minimum absolute atomic E-state index is 0.103. The Bertz CT molecular complexity index is 1440. The molecule has 0 atom stereocenters. The molecule has 0 aromatic heterocycles. The van der Waals surface area contributed by atoms with Crippen LogP contribution >= 0.6 is 15.9 Å². The third-order valence-electron chi connectivity index (χ3n) is 5.81. The van der Waals surface area contributed by atoms with Crippen molar-refractivity contribution in [3.8, 4) is 23.0 Å². The molecular formula is C33H29BrO5. The fourth-order valence-electron chi connectivity index (χ4n) is 3.82. The van der Waals surface area contributed by atoms with Crippen LogP contribution in [-0.2, 0) is 0 Å². The van der Waals surface area contributed by atoms with E-state index in [0.717, 1.165) is 32.7 Å². The van der Waals surface area contributed by atoms with Gasteiger partial charge in [0.25, 0.3) is 0 Å². The summed E-state index contributed by atoms with van der Waals surface area (Å²) < 4.78 is 23.4. The summed E-state index contributed by atoms with van der Waals surface area (Å²) in [6.07, 6.45) is 7.29. The van der Waals surface area contributed by atoms with E-state index in [2.05, 4.69) is 15.9 Å². The Labute approximate surface area is 237 Å². The maximum atomic E-state index is 12.8. The summed E-state index contributed by atoms with van der Waals surface area (Å²) in [4.78, 5) is 12.8. The number of allylic oxidation sites excluding steroid dienone is 1. The van der Waals surface area contributed by atoms with Gasteiger partial charge in [0, 0.05) is 21.7 Å². The van der Waals surface area contributed by atoms with E-state index >= 15 is 0 Å². The van der Waals surface area contributed by atoms with Crippen LogP contribution in [0.2, 0.25) is 0 Å². The normalized spacial score (nSPS) is 11.1. The van der Waals surface area contributed by atoms with Crippen molar-refractivity contribution in [2.24, 2.45) is 0 Å². The van der Waals surface area contributed by atoms with Crippen LogP contribution in [0.1, 0.15) is 27.0 Å². The molecule has 0 aliphatic carbocycles. The maximum Gasteiger partial charge on any atom is 0.185 e. The number of ether oxygens (including phenoxy) is 4. The highest BCUT2D eigenvalue weighted by Gasteiger charge is 2.10. The first kappa shape index (κ1) is 27.7. The van der Waals surface area contributed by atoms with Gasteiger partial charge in [-0.25, -0.2) is 0 Å². The Morgan fingerprint density at radius 3 is 2.10 bits per heavy atom. The summed E-state index contributed by atoms with van der Waals surface area (Å²) in [7, 11) is 3.21. The Morgan fingerprint density at radius 2 is 1.44 bits per heavy atom. The topological polar surface area (TPSA) is 54.0 Å². The molecular weight excluding hydrogens is 556 g/mol. The lowest BCUT2D eigenvalue weighted by atomic mass is 10.0. The second-order valence-electron chi connectivity index (χ2n) is 8.45. The molecule has 4 rings (SSSR count). The first-order valence-corrected chi connectivity index (χ1v) is 13.2. The molecule has 0 aliphatic rings. The van der Waals surface area contributed by atoms with Gasteiger partial charge in [0.15, 0.2) is 5.78 Å². The predicted molar refractivity (Wildman–Crippen MR) is 160 cm³/mol. The third kappa shape index (κ3) is 8.09. The summed E-state index contributed by atoms with van der Waals surface area (Å²) in [6.45, 7) is 0.908. The molecule has 0 N–H and O–H groups in total. The summed E-state index contributed by atoms with van der Waals surface area (Å²) in [5, 5.41) is 0. The number of benzene rings is 4. The van der Waals surface area contributed by atoms with E-state index < -0.39 is 0 Å². The van der Waals surface area contributed by atoms with Gasteiger partial charge in [-0.3, -0.25) is 4.79 Å². The first-order valence-electron chi connectivity index (χ1n) is 12.4. The zero-order valence-corrected chi connectivity index (χ0v) is 23.4. The Morgan fingerprint density at radius 1 is 0.718 bits per heavy atom. The second kappa shape index (κ2) is 14.0. The highest BCUT2D eigenvalue weighted by Crippen LogP contribution is 2.31. The monoisotopic (exact) mass is 584 g/mol. The van der Waals surface area contributed by atoms with E-state index in [1.54, 1.807) is 44.6 Å². The van der Waals surface area contributed by atoms with Crippen molar-refractivity contribution < 1.29 is 23.7 Å². The fourth-order valence-corrected chi connectivity index (χ4v) is 4.22. The Hall–Kier alpha value is -4.29. The van der Waals surface area contributed by atoms with Gasteiger partial charge in [0.2, 0.25) is 0 Å². The van der Waals surface area contributed by atoms with Crippen LogP contribution in [0.15, 0.2) is 102 Å². The number of ketones is 1. The molecule has 4 aromatic carbocycles. The molecule has 198 valence electrons. The standard InChI is InChI=1S/C33H29BrO5/c1-36-30-22-25(31(33(23-30)37-2)17-18-32(35)26-7-6-8-27(34)21-26)14-11-24-12-15-29(16-13-24)39-20-19-38-28-9-4-3-5-10-28/h3-18,21-23H,19-20H2,1-2H3/b14-11+,18-17+. The number of hydrogen-bond donors (Lipinski definition) is 0. The SMILES string of the molecule is COc1cc(/C=C/c2ccc(OCCOc3ccccc3)cc2)c(/C=C/C(=O)c2cccc(Br)c2)c(OC)c1. The van der Waals surface area contributed by atoms with Crippen molar-refractivity contribution in [1.82, 2.24) is 0 Å². The average molecular weight is 585 g/mol. The third-order valence-corrected chi connectivity index (χ3v) is 6.31. The number of para-hydroxylation sites is 1. The van der Waals surface area contributed by atoms with Crippen molar-refractivity contribution in [2.45, 2.75) is 0 Å². The van der Waals surface area contributed by atoms with Crippen molar-refractivity contribution in [3.05, 3.63) is 124 Å². The number of carbonyl (C=O) groups excluding carboxylic acids is 1. The van der Waals surface area contributed by atoms with Crippen LogP contribution in [-0.4, -0.2) is 33.2 Å². The number of rotatable bonds is 12. The summed E-state index contributed by atoms with van der Waals surface area (Å²) in [5.41, 5.74) is 3.21. The summed E-state index contributed by atoms with van der Waals surface area (Å²) in [5.74, 6) is 2.75. The largest absolute Gasteiger partial charge is 0.497 e. The van der Waals surface area contributed by atoms with E-state index in [4.69, 9.17) is 18.9 Å². The fraction of sp³-hybridized carbons (Fsp3) is 0.121. The molecule has 0 spiro atoms. The van der Waals surface area contributed by atoms with Crippen LogP contribution in [0.25, 0.3) is 18.2 Å². The van der Waals surface area contributed by atoms with Gasteiger partial charge in [-0.05, 0) is 65.7 Å². The lowest BCUT2D eigenvalue weighted by molar-refractivity contribution is 0.104. The van der Waals surface area contributed by atoms with Gasteiger partial charge in [0.05, 0.1) is 14.2 Å². The van der Waals surface area contributed by atoms with Gasteiger partial charge in [-0.1, -0.05) is 70.5 Å². The summed E-state index contributed by atoms with van der Waals surface area (Å²) >= 11 is 3.42. The van der Waals surface area contributed by atoms with Gasteiger partial charge in [-0.2, -0.15) is 0 Å². The molecule has 0 radical (unpaired) electrons. The van der Waals surface area contributed by atoms with Crippen molar-refractivity contribution in [3.63, 3.8) is 0 Å². The highest BCUT2D eigenvalue weighted by atomic mass is 79.9. The average Bonchev–Trinajstić information content (AvgIpc) is 2.98. The zero-order chi connectivity index (χ0) is 27.5. The lowest BCUT2D eigenvalue weighted by Crippen LogP contribution is -2.08. The van der Waals surface area contributed by atoms with E-state index in [-0.39, 0.29) is 5.78 Å². The van der Waals surface area contributed by atoms with Crippen LogP contribution in [0.3, 0.4) is 0 Å². The van der Waals surface area contributed by atoms with E-state index in [1.165, 1.54) is 0 Å². The minimum atomic E-state index is -0.103. The predicted octanol–water partition coefficient (Wildman–Crippen LogP) is 7.99. The second-order valence-corrected chi connectivity index (χ2v) is 9.37. The number of carbonyl (C=O) groups is 1. The Kier molecular flexibility index (Phi) is 9.98. The molecule has 0 bridgehead atoms. The number of methoxy groups -OCH3 is 2. The van der Waals surface area contributed by atoms with Crippen LogP contribution < -0.4 is 18.9 Å². The Balaban J connectivity index is 1.46. The number of hydrogen-bond acceptors (Lipinski definition) is 5. The van der Waals surface area contributed by atoms with E-state index in [9.17, 15) is 4.79 Å². The van der Waals surface area contributed by atoms with Crippen molar-refractivity contribution in [1.29, 1.82) is 0 Å². The molecule has 6 heteroatoms. The van der Waals surface area contributed by atoms with Crippen LogP contribution in [0.4, 0.5) is 0 Å². The van der Waals surface area contributed by atoms with E-state index in [0.29, 0.717) is 30.3 Å².